The molecule has 1 aliphatic carbocycles. The van der Waals surface area contributed by atoms with Crippen LogP contribution >= 0.6 is 0 Å². The van der Waals surface area contributed by atoms with Crippen LogP contribution in [0.1, 0.15) is 36.8 Å². The van der Waals surface area contributed by atoms with Crippen LogP contribution < -0.4 is 4.74 Å². The summed E-state index contributed by atoms with van der Waals surface area (Å²) in [4.78, 5) is 14.2. The Kier molecular flexibility index (Phi) is 2.31. The van der Waals surface area contributed by atoms with Crippen LogP contribution in [0, 0.1) is 0 Å². The summed E-state index contributed by atoms with van der Waals surface area (Å²) in [5.74, 6) is 1.40. The van der Waals surface area contributed by atoms with Crippen LogP contribution in [0.2, 0.25) is 0 Å². The maximum atomic E-state index is 11.8. The molecule has 2 aliphatic heterocycles. The Hall–Kier alpha value is -1.35. The first-order chi connectivity index (χ1) is 9.19. The third kappa shape index (κ3) is 1.51. The lowest BCUT2D eigenvalue weighted by molar-refractivity contribution is -0.124. The van der Waals surface area contributed by atoms with Gasteiger partial charge in [-0.1, -0.05) is 12.1 Å². The fourth-order valence-corrected chi connectivity index (χ4v) is 4.16. The Balaban J connectivity index is 1.90. The highest BCUT2D eigenvalue weighted by molar-refractivity contribution is 5.81. The summed E-state index contributed by atoms with van der Waals surface area (Å²) in [6.07, 6.45) is 3.48. The van der Waals surface area contributed by atoms with E-state index in [1.54, 1.807) is 0 Å². The Morgan fingerprint density at radius 1 is 1.37 bits per heavy atom. The van der Waals surface area contributed by atoms with Gasteiger partial charge in [-0.25, -0.2) is 0 Å². The molecule has 0 unspecified atom stereocenters. The zero-order valence-corrected chi connectivity index (χ0v) is 11.3. The van der Waals surface area contributed by atoms with Gasteiger partial charge in [0, 0.05) is 30.4 Å². The van der Waals surface area contributed by atoms with Gasteiger partial charge >= 0.3 is 0 Å². The predicted octanol–water partition coefficient (Wildman–Crippen LogP) is 2.27. The summed E-state index contributed by atoms with van der Waals surface area (Å²) in [6, 6.07) is 6.39. The smallest absolute Gasteiger partial charge is 0.136 e. The number of ketones is 1. The van der Waals surface area contributed by atoms with Crippen molar-refractivity contribution < 1.29 is 9.53 Å². The molecule has 19 heavy (non-hydrogen) atoms. The Morgan fingerprint density at radius 3 is 3.16 bits per heavy atom. The molecule has 4 rings (SSSR count). The van der Waals surface area contributed by atoms with Gasteiger partial charge in [0.05, 0.1) is 0 Å². The molecule has 0 amide bonds. The molecule has 0 N–H and O–H groups in total. The van der Waals surface area contributed by atoms with E-state index < -0.39 is 0 Å². The second kappa shape index (κ2) is 3.83. The van der Waals surface area contributed by atoms with E-state index >= 15 is 0 Å². The number of benzene rings is 1. The first-order valence-electron chi connectivity index (χ1n) is 7.18. The number of ether oxygens (including phenoxy) is 1. The largest absolute Gasteiger partial charge is 0.489 e. The van der Waals surface area contributed by atoms with Crippen molar-refractivity contribution in [2.75, 3.05) is 13.6 Å². The number of Topliss-reactive ketones (excluding diaryl/α,β-unsaturated/α-hetero) is 1. The molecule has 3 heteroatoms. The van der Waals surface area contributed by atoms with Crippen LogP contribution in [-0.2, 0) is 16.8 Å². The number of rotatable bonds is 0. The van der Waals surface area contributed by atoms with Gasteiger partial charge in [0.25, 0.3) is 0 Å². The minimum Gasteiger partial charge on any atom is -0.489 e. The molecule has 1 fully saturated rings. The highest BCUT2D eigenvalue weighted by Crippen LogP contribution is 2.54. The minimum atomic E-state index is 0.0800. The van der Waals surface area contributed by atoms with E-state index in [1.165, 1.54) is 11.1 Å². The predicted molar refractivity (Wildman–Crippen MR) is 72.3 cm³/mol. The van der Waals surface area contributed by atoms with Crippen LogP contribution in [0.15, 0.2) is 18.2 Å². The molecule has 2 atom stereocenters. The molecule has 3 aliphatic rings. The molecule has 0 aromatic heterocycles. The summed E-state index contributed by atoms with van der Waals surface area (Å²) in [6.45, 7) is 2.08. The van der Waals surface area contributed by atoms with Crippen molar-refractivity contribution in [3.8, 4) is 5.75 Å². The first kappa shape index (κ1) is 11.5. The second-order valence-corrected chi connectivity index (χ2v) is 6.28. The van der Waals surface area contributed by atoms with E-state index in [-0.39, 0.29) is 11.5 Å². The summed E-state index contributed by atoms with van der Waals surface area (Å²) in [7, 11) is 2.18. The van der Waals surface area contributed by atoms with Gasteiger partial charge in [-0.3, -0.25) is 4.79 Å². The van der Waals surface area contributed by atoms with Gasteiger partial charge in [0.15, 0.2) is 0 Å². The van der Waals surface area contributed by atoms with Crippen LogP contribution in [0.3, 0.4) is 0 Å². The van der Waals surface area contributed by atoms with E-state index in [0.29, 0.717) is 12.2 Å². The van der Waals surface area contributed by atoms with Crippen LogP contribution in [0.5, 0.6) is 5.75 Å². The molecular formula is C16H19NO2. The van der Waals surface area contributed by atoms with E-state index in [0.717, 1.165) is 38.1 Å². The minimum absolute atomic E-state index is 0.0800. The lowest BCUT2D eigenvalue weighted by Crippen LogP contribution is -2.44. The van der Waals surface area contributed by atoms with Crippen LogP contribution in [0.25, 0.3) is 0 Å². The Labute approximate surface area is 113 Å². The topological polar surface area (TPSA) is 29.5 Å². The van der Waals surface area contributed by atoms with Gasteiger partial charge in [-0.2, -0.15) is 0 Å². The van der Waals surface area contributed by atoms with Crippen LogP contribution in [-0.4, -0.2) is 30.4 Å². The van der Waals surface area contributed by atoms with Gasteiger partial charge in [0.1, 0.15) is 17.6 Å². The average Bonchev–Trinajstić information content (AvgIpc) is 2.63. The Morgan fingerprint density at radius 2 is 2.26 bits per heavy atom. The molecule has 1 aromatic rings. The molecule has 3 nitrogen and oxygen atoms in total. The second-order valence-electron chi connectivity index (χ2n) is 6.28. The van der Waals surface area contributed by atoms with E-state index in [2.05, 4.69) is 30.1 Å². The maximum Gasteiger partial charge on any atom is 0.136 e. The lowest BCUT2D eigenvalue weighted by atomic mass is 9.65. The zero-order valence-electron chi connectivity index (χ0n) is 11.3. The van der Waals surface area contributed by atoms with Gasteiger partial charge in [-0.05, 0) is 38.1 Å². The van der Waals surface area contributed by atoms with Crippen molar-refractivity contribution >= 4 is 5.78 Å². The first-order valence-corrected chi connectivity index (χ1v) is 7.18. The molecule has 0 radical (unpaired) electrons. The fraction of sp³-hybridized carbons (Fsp3) is 0.562. The molecule has 1 aromatic carbocycles. The van der Waals surface area contributed by atoms with Crippen molar-refractivity contribution in [2.45, 2.75) is 43.7 Å². The summed E-state index contributed by atoms with van der Waals surface area (Å²) in [5.41, 5.74) is 2.91. The maximum absolute atomic E-state index is 11.8. The zero-order chi connectivity index (χ0) is 13.0. The lowest BCUT2D eigenvalue weighted by Gasteiger charge is -2.37. The monoisotopic (exact) mass is 257 g/mol. The van der Waals surface area contributed by atoms with E-state index in [1.807, 2.05) is 0 Å². The molecule has 1 spiro atoms. The number of hydrogen-bond donors (Lipinski definition) is 0. The highest BCUT2D eigenvalue weighted by Gasteiger charge is 2.53. The van der Waals surface area contributed by atoms with Crippen molar-refractivity contribution in [2.24, 2.45) is 0 Å². The quantitative estimate of drug-likeness (QED) is 0.714. The molecule has 0 bridgehead atoms. The van der Waals surface area contributed by atoms with Gasteiger partial charge in [0.2, 0.25) is 0 Å². The SMILES string of the molecule is CN1CC[C@@]23CCC(=O)C[C@H]2Oc2cccc(c23)C1. The number of nitrogens with zero attached hydrogens (tertiary/aromatic N) is 1. The summed E-state index contributed by atoms with van der Waals surface area (Å²) in [5, 5.41) is 0. The molecule has 2 heterocycles. The number of carbonyl (C=O) groups is 1. The van der Waals surface area contributed by atoms with Crippen molar-refractivity contribution in [1.82, 2.24) is 4.90 Å². The molecular weight excluding hydrogens is 238 g/mol. The summed E-state index contributed by atoms with van der Waals surface area (Å²) >= 11 is 0. The third-order valence-electron chi connectivity index (χ3n) is 5.14. The normalized spacial score (nSPS) is 33.3. The number of hydrogen-bond acceptors (Lipinski definition) is 3. The Bertz CT molecular complexity index is 554. The van der Waals surface area contributed by atoms with E-state index in [4.69, 9.17) is 4.74 Å². The van der Waals surface area contributed by atoms with Crippen LogP contribution in [0.4, 0.5) is 0 Å². The standard InChI is InChI=1S/C16H19NO2/c1-17-8-7-16-6-5-12(18)9-14(16)19-13-4-2-3-11(10-17)15(13)16/h2-4,14H,5-10H2,1H3/t14-,16+/m1/s1. The van der Waals surface area contributed by atoms with Crippen molar-refractivity contribution in [3.63, 3.8) is 0 Å². The van der Waals surface area contributed by atoms with E-state index in [9.17, 15) is 4.79 Å². The number of carbonyl (C=O) groups excluding carboxylic acids is 1. The fourth-order valence-electron chi connectivity index (χ4n) is 4.16. The van der Waals surface area contributed by atoms with Gasteiger partial charge < -0.3 is 9.64 Å². The molecule has 1 saturated carbocycles. The van der Waals surface area contributed by atoms with Crippen molar-refractivity contribution in [3.05, 3.63) is 29.3 Å². The third-order valence-corrected chi connectivity index (χ3v) is 5.14. The van der Waals surface area contributed by atoms with Gasteiger partial charge in [-0.15, -0.1) is 0 Å². The van der Waals surface area contributed by atoms with Crippen molar-refractivity contribution in [1.29, 1.82) is 0 Å². The molecule has 0 saturated heterocycles. The molecule has 100 valence electrons. The highest BCUT2D eigenvalue weighted by atomic mass is 16.5. The average molecular weight is 257 g/mol. The summed E-state index contributed by atoms with van der Waals surface area (Å²) < 4.78 is 6.15.